The van der Waals surface area contributed by atoms with Gasteiger partial charge in [0, 0.05) is 51.1 Å². The number of nitrogens with one attached hydrogen (secondary N) is 2. The first-order chi connectivity index (χ1) is 13.4. The van der Waals surface area contributed by atoms with Crippen molar-refractivity contribution in [2.45, 2.75) is 6.92 Å². The molecule has 142 valence electrons. The Balaban J connectivity index is 1.65. The molecule has 0 radical (unpaired) electrons. The van der Waals surface area contributed by atoms with Crippen LogP contribution in [-0.2, 0) is 9.73 Å². The Kier molecular flexibility index (Phi) is 4.56. The average Bonchev–Trinajstić information content (AvgIpc) is 3.08. The molecule has 3 aromatic heterocycles. The largest absolute Gasteiger partial charge is 0.360 e. The van der Waals surface area contributed by atoms with E-state index in [-0.39, 0.29) is 0 Å². The number of nitrogens with zero attached hydrogens (tertiary/aromatic N) is 4. The van der Waals surface area contributed by atoms with Gasteiger partial charge < -0.3 is 10.3 Å². The topological polar surface area (TPSA) is 95.9 Å². The predicted octanol–water partition coefficient (Wildman–Crippen LogP) is 4.43. The number of para-hydroxylation sites is 1. The van der Waals surface area contributed by atoms with Crippen molar-refractivity contribution in [2.24, 2.45) is 4.36 Å². The number of aryl methyl sites for hydroxylation is 1. The summed E-state index contributed by atoms with van der Waals surface area (Å²) in [6.07, 6.45) is 8.54. The minimum Gasteiger partial charge on any atom is -0.360 e. The van der Waals surface area contributed by atoms with Crippen LogP contribution in [0.1, 0.15) is 5.56 Å². The van der Waals surface area contributed by atoms with Crippen LogP contribution in [0.5, 0.6) is 0 Å². The lowest BCUT2D eigenvalue weighted by Gasteiger charge is -2.09. The molecule has 0 bridgehead atoms. The van der Waals surface area contributed by atoms with E-state index in [9.17, 15) is 4.21 Å². The smallest absolute Gasteiger partial charge is 0.227 e. The average molecular weight is 392 g/mol. The second kappa shape index (κ2) is 7.05. The van der Waals surface area contributed by atoms with Crippen LogP contribution in [0.25, 0.3) is 22.2 Å². The van der Waals surface area contributed by atoms with Crippen molar-refractivity contribution in [2.75, 3.05) is 17.8 Å². The molecule has 4 rings (SSSR count). The molecule has 8 heteroatoms. The molecular weight excluding hydrogens is 372 g/mol. The van der Waals surface area contributed by atoms with Gasteiger partial charge in [-0.05, 0) is 30.7 Å². The van der Waals surface area contributed by atoms with Crippen molar-refractivity contribution in [1.29, 1.82) is 0 Å². The first kappa shape index (κ1) is 18.1. The van der Waals surface area contributed by atoms with Crippen LogP contribution in [0, 0.1) is 6.92 Å². The van der Waals surface area contributed by atoms with E-state index < -0.39 is 9.73 Å². The highest BCUT2D eigenvalue weighted by molar-refractivity contribution is 7.92. The lowest BCUT2D eigenvalue weighted by atomic mass is 10.1. The number of benzene rings is 1. The number of anilines is 2. The standard InChI is InChI=1S/C20H20N6OS/c1-13-10-23-20(24-14-8-9-18(22-11-14)26-28(2,3)27)25-19(13)16-12-21-17-7-5-4-6-15(16)17/h4-12,21H,1-3H3,(H,23,24,25). The van der Waals surface area contributed by atoms with Gasteiger partial charge in [0.2, 0.25) is 5.95 Å². The minimum atomic E-state index is -2.24. The van der Waals surface area contributed by atoms with E-state index in [2.05, 4.69) is 30.7 Å². The van der Waals surface area contributed by atoms with E-state index in [0.717, 1.165) is 33.4 Å². The molecule has 0 aliphatic rings. The first-order valence-electron chi connectivity index (χ1n) is 8.69. The normalized spacial score (nSPS) is 11.5. The van der Waals surface area contributed by atoms with Crippen LogP contribution in [0.2, 0.25) is 0 Å². The number of aromatic nitrogens is 4. The second-order valence-electron chi connectivity index (χ2n) is 6.78. The predicted molar refractivity (Wildman–Crippen MR) is 114 cm³/mol. The Hall–Kier alpha value is -3.26. The van der Waals surface area contributed by atoms with Crippen LogP contribution in [0.4, 0.5) is 17.5 Å². The summed E-state index contributed by atoms with van der Waals surface area (Å²) < 4.78 is 15.8. The molecule has 0 saturated heterocycles. The molecule has 0 spiro atoms. The number of aromatic amines is 1. The minimum absolute atomic E-state index is 0.435. The molecule has 0 unspecified atom stereocenters. The zero-order chi connectivity index (χ0) is 19.7. The van der Waals surface area contributed by atoms with E-state index in [1.165, 1.54) is 0 Å². The maximum Gasteiger partial charge on any atom is 0.227 e. The van der Waals surface area contributed by atoms with E-state index in [1.807, 2.05) is 37.4 Å². The molecule has 4 aromatic rings. The van der Waals surface area contributed by atoms with Crippen molar-refractivity contribution < 1.29 is 4.21 Å². The molecule has 0 amide bonds. The van der Waals surface area contributed by atoms with Gasteiger partial charge in [-0.15, -0.1) is 0 Å². The second-order valence-corrected chi connectivity index (χ2v) is 9.32. The van der Waals surface area contributed by atoms with Crippen LogP contribution in [0.15, 0.2) is 59.4 Å². The maximum absolute atomic E-state index is 11.8. The zero-order valence-corrected chi connectivity index (χ0v) is 16.6. The lowest BCUT2D eigenvalue weighted by Crippen LogP contribution is -2.00. The molecule has 2 N–H and O–H groups in total. The van der Waals surface area contributed by atoms with Gasteiger partial charge in [-0.2, -0.15) is 4.36 Å². The highest BCUT2D eigenvalue weighted by Crippen LogP contribution is 2.30. The molecule has 7 nitrogen and oxygen atoms in total. The molecule has 3 heterocycles. The summed E-state index contributed by atoms with van der Waals surface area (Å²) >= 11 is 0. The summed E-state index contributed by atoms with van der Waals surface area (Å²) in [6.45, 7) is 1.99. The highest BCUT2D eigenvalue weighted by Gasteiger charge is 2.11. The highest BCUT2D eigenvalue weighted by atomic mass is 32.2. The summed E-state index contributed by atoms with van der Waals surface area (Å²) in [5.74, 6) is 0.914. The van der Waals surface area contributed by atoms with Crippen molar-refractivity contribution in [3.8, 4) is 11.3 Å². The van der Waals surface area contributed by atoms with Crippen LogP contribution in [-0.4, -0.2) is 36.7 Å². The van der Waals surface area contributed by atoms with Crippen LogP contribution < -0.4 is 5.32 Å². The quantitative estimate of drug-likeness (QED) is 0.535. The zero-order valence-electron chi connectivity index (χ0n) is 15.8. The van der Waals surface area contributed by atoms with Crippen molar-refractivity contribution in [1.82, 2.24) is 19.9 Å². The summed E-state index contributed by atoms with van der Waals surface area (Å²) in [7, 11) is -2.24. The van der Waals surface area contributed by atoms with E-state index in [1.54, 1.807) is 31.0 Å². The molecular formula is C20H20N6OS. The number of rotatable bonds is 4. The Morgan fingerprint density at radius 3 is 2.64 bits per heavy atom. The summed E-state index contributed by atoms with van der Waals surface area (Å²) in [5.41, 5.74) is 4.68. The molecule has 0 fully saturated rings. The Bertz CT molecular complexity index is 1260. The van der Waals surface area contributed by atoms with Gasteiger partial charge in [0.15, 0.2) is 5.82 Å². The van der Waals surface area contributed by atoms with Gasteiger partial charge in [0.25, 0.3) is 0 Å². The van der Waals surface area contributed by atoms with E-state index >= 15 is 0 Å². The molecule has 1 aromatic carbocycles. The summed E-state index contributed by atoms with van der Waals surface area (Å²) in [5, 5.41) is 4.28. The SMILES string of the molecule is Cc1cnc(Nc2ccc(N=S(C)(C)=O)nc2)nc1-c1c[nH]c2ccccc12. The fraction of sp³-hybridized carbons (Fsp3) is 0.150. The number of hydrogen-bond donors (Lipinski definition) is 2. The molecule has 0 aliphatic carbocycles. The van der Waals surface area contributed by atoms with Gasteiger partial charge in [-0.1, -0.05) is 18.2 Å². The number of hydrogen-bond acceptors (Lipinski definition) is 6. The van der Waals surface area contributed by atoms with Crippen molar-refractivity contribution in [3.05, 3.63) is 60.6 Å². The first-order valence-corrected chi connectivity index (χ1v) is 11.0. The fourth-order valence-corrected chi connectivity index (χ4v) is 3.47. The van der Waals surface area contributed by atoms with E-state index in [4.69, 9.17) is 4.98 Å². The van der Waals surface area contributed by atoms with Gasteiger partial charge in [-0.25, -0.2) is 19.2 Å². The Morgan fingerprint density at radius 2 is 1.89 bits per heavy atom. The fourth-order valence-electron chi connectivity index (χ4n) is 2.91. The lowest BCUT2D eigenvalue weighted by molar-refractivity contribution is 0.684. The third-order valence-corrected chi connectivity index (χ3v) is 4.76. The van der Waals surface area contributed by atoms with Crippen molar-refractivity contribution in [3.63, 3.8) is 0 Å². The van der Waals surface area contributed by atoms with Gasteiger partial charge in [0.05, 0.1) is 17.6 Å². The summed E-state index contributed by atoms with van der Waals surface area (Å²) in [6, 6.07) is 11.6. The third-order valence-electron chi connectivity index (χ3n) is 4.13. The van der Waals surface area contributed by atoms with Gasteiger partial charge in [0.1, 0.15) is 0 Å². The van der Waals surface area contributed by atoms with Crippen molar-refractivity contribution >= 4 is 38.1 Å². The van der Waals surface area contributed by atoms with Crippen LogP contribution in [0.3, 0.4) is 0 Å². The van der Waals surface area contributed by atoms with Crippen LogP contribution >= 0.6 is 0 Å². The van der Waals surface area contributed by atoms with Gasteiger partial charge in [-0.3, -0.25) is 0 Å². The maximum atomic E-state index is 11.8. The number of fused-ring (bicyclic) bond motifs is 1. The Labute approximate surface area is 163 Å². The third kappa shape index (κ3) is 3.86. The monoisotopic (exact) mass is 392 g/mol. The van der Waals surface area contributed by atoms with Gasteiger partial charge >= 0.3 is 0 Å². The van der Waals surface area contributed by atoms with E-state index in [0.29, 0.717) is 11.8 Å². The molecule has 0 atom stereocenters. The molecule has 28 heavy (non-hydrogen) atoms. The Morgan fingerprint density at radius 1 is 1.07 bits per heavy atom. The molecule has 0 saturated carbocycles. The molecule has 0 aliphatic heterocycles. The summed E-state index contributed by atoms with van der Waals surface area (Å²) in [4.78, 5) is 16.6. The number of pyridine rings is 1. The number of H-pyrrole nitrogens is 1.